The Balaban J connectivity index is 1.89. The second-order valence-corrected chi connectivity index (χ2v) is 6.48. The molecule has 0 N–H and O–H groups in total. The standard InChI is InChI=1S/C18H27ClN2O/c1-3-5-7-15(4-2)18(22)21-12-10-20(11-13-21)17-9-6-8-16(19)14-17/h6,8-9,14-15H,3-5,7,10-13H2,1-2H3/t15-/m0/s1. The Labute approximate surface area is 139 Å². The molecule has 1 aliphatic rings. The van der Waals surface area contributed by atoms with Crippen LogP contribution in [0.25, 0.3) is 0 Å². The first-order valence-corrected chi connectivity index (χ1v) is 8.82. The van der Waals surface area contributed by atoms with Gasteiger partial charge in [0.25, 0.3) is 0 Å². The first kappa shape index (κ1) is 17.1. The van der Waals surface area contributed by atoms with Crippen molar-refractivity contribution >= 4 is 23.2 Å². The number of rotatable bonds is 6. The highest BCUT2D eigenvalue weighted by Crippen LogP contribution is 2.22. The molecule has 22 heavy (non-hydrogen) atoms. The number of carbonyl (C=O) groups excluding carboxylic acids is 1. The second kappa shape index (κ2) is 8.42. The lowest BCUT2D eigenvalue weighted by molar-refractivity contribution is -0.136. The lowest BCUT2D eigenvalue weighted by Gasteiger charge is -2.37. The molecule has 0 unspecified atom stereocenters. The summed E-state index contributed by atoms with van der Waals surface area (Å²) in [5.41, 5.74) is 1.15. The van der Waals surface area contributed by atoms with E-state index in [1.54, 1.807) is 0 Å². The molecule has 1 heterocycles. The van der Waals surface area contributed by atoms with Gasteiger partial charge in [-0.3, -0.25) is 4.79 Å². The molecule has 0 bridgehead atoms. The van der Waals surface area contributed by atoms with Gasteiger partial charge in [-0.05, 0) is 31.0 Å². The van der Waals surface area contributed by atoms with E-state index in [4.69, 9.17) is 11.6 Å². The number of benzene rings is 1. The third-order valence-electron chi connectivity index (χ3n) is 4.51. The minimum Gasteiger partial charge on any atom is -0.368 e. The zero-order valence-corrected chi connectivity index (χ0v) is 14.5. The number of halogens is 1. The van der Waals surface area contributed by atoms with Crippen LogP contribution >= 0.6 is 11.6 Å². The van der Waals surface area contributed by atoms with Crippen LogP contribution in [0.5, 0.6) is 0 Å². The van der Waals surface area contributed by atoms with Crippen molar-refractivity contribution in [3.8, 4) is 0 Å². The number of unbranched alkanes of at least 4 members (excludes halogenated alkanes) is 1. The van der Waals surface area contributed by atoms with Crippen molar-refractivity contribution in [1.29, 1.82) is 0 Å². The number of hydrogen-bond acceptors (Lipinski definition) is 2. The number of carbonyl (C=O) groups is 1. The molecule has 2 rings (SSSR count). The van der Waals surface area contributed by atoms with Gasteiger partial charge in [-0.25, -0.2) is 0 Å². The summed E-state index contributed by atoms with van der Waals surface area (Å²) in [5, 5.41) is 0.765. The van der Waals surface area contributed by atoms with Crippen LogP contribution in [0.15, 0.2) is 24.3 Å². The summed E-state index contributed by atoms with van der Waals surface area (Å²) in [6, 6.07) is 7.95. The molecule has 1 aromatic carbocycles. The highest BCUT2D eigenvalue weighted by atomic mass is 35.5. The monoisotopic (exact) mass is 322 g/mol. The molecule has 3 nitrogen and oxygen atoms in total. The number of hydrogen-bond donors (Lipinski definition) is 0. The van der Waals surface area contributed by atoms with Gasteiger partial charge in [0.2, 0.25) is 5.91 Å². The molecule has 0 spiro atoms. The smallest absolute Gasteiger partial charge is 0.225 e. The molecule has 1 aromatic rings. The van der Waals surface area contributed by atoms with Crippen molar-refractivity contribution in [3.63, 3.8) is 0 Å². The highest BCUT2D eigenvalue weighted by Gasteiger charge is 2.26. The average Bonchev–Trinajstić information content (AvgIpc) is 2.55. The Bertz CT molecular complexity index is 484. The summed E-state index contributed by atoms with van der Waals surface area (Å²) in [6.07, 6.45) is 4.28. The largest absolute Gasteiger partial charge is 0.368 e. The molecule has 122 valence electrons. The third kappa shape index (κ3) is 4.39. The van der Waals surface area contributed by atoms with Gasteiger partial charge in [-0.1, -0.05) is 44.4 Å². The average molecular weight is 323 g/mol. The minimum absolute atomic E-state index is 0.206. The van der Waals surface area contributed by atoms with Gasteiger partial charge in [-0.2, -0.15) is 0 Å². The zero-order chi connectivity index (χ0) is 15.9. The number of amides is 1. The summed E-state index contributed by atoms with van der Waals surface area (Å²) in [6.45, 7) is 7.70. The minimum atomic E-state index is 0.206. The van der Waals surface area contributed by atoms with Crippen molar-refractivity contribution < 1.29 is 4.79 Å². The van der Waals surface area contributed by atoms with Crippen LogP contribution in [0.1, 0.15) is 39.5 Å². The van der Waals surface area contributed by atoms with Crippen molar-refractivity contribution in [2.24, 2.45) is 5.92 Å². The molecule has 0 saturated carbocycles. The van der Waals surface area contributed by atoms with E-state index in [2.05, 4.69) is 24.8 Å². The Kier molecular flexibility index (Phi) is 6.56. The molecule has 0 aromatic heterocycles. The Morgan fingerprint density at radius 1 is 1.23 bits per heavy atom. The maximum atomic E-state index is 12.6. The predicted octanol–water partition coefficient (Wildman–Crippen LogP) is 4.21. The molecule has 1 aliphatic heterocycles. The predicted molar refractivity (Wildman–Crippen MR) is 93.6 cm³/mol. The van der Waals surface area contributed by atoms with Gasteiger partial charge in [-0.15, -0.1) is 0 Å². The molecule has 1 fully saturated rings. The normalized spacial score (nSPS) is 16.7. The fourth-order valence-corrected chi connectivity index (χ4v) is 3.25. The topological polar surface area (TPSA) is 23.6 Å². The van der Waals surface area contributed by atoms with E-state index in [0.29, 0.717) is 5.91 Å². The molecule has 0 radical (unpaired) electrons. The third-order valence-corrected chi connectivity index (χ3v) is 4.75. The summed E-state index contributed by atoms with van der Waals surface area (Å²) in [7, 11) is 0. The van der Waals surface area contributed by atoms with Crippen LogP contribution in [0, 0.1) is 5.92 Å². The first-order valence-electron chi connectivity index (χ1n) is 8.45. The van der Waals surface area contributed by atoms with E-state index in [9.17, 15) is 4.79 Å². The van der Waals surface area contributed by atoms with Crippen molar-refractivity contribution in [2.45, 2.75) is 39.5 Å². The number of nitrogens with zero attached hydrogens (tertiary/aromatic N) is 2. The van der Waals surface area contributed by atoms with Crippen LogP contribution in [0.3, 0.4) is 0 Å². The van der Waals surface area contributed by atoms with Crippen LogP contribution in [-0.4, -0.2) is 37.0 Å². The lowest BCUT2D eigenvalue weighted by Crippen LogP contribution is -2.50. The van der Waals surface area contributed by atoms with Crippen LogP contribution < -0.4 is 4.90 Å². The van der Waals surface area contributed by atoms with Gasteiger partial charge in [0.05, 0.1) is 0 Å². The summed E-state index contributed by atoms with van der Waals surface area (Å²) in [4.78, 5) is 17.0. The van der Waals surface area contributed by atoms with E-state index in [1.165, 1.54) is 0 Å². The van der Waals surface area contributed by atoms with Gasteiger partial charge in [0.15, 0.2) is 0 Å². The maximum absolute atomic E-state index is 12.6. The van der Waals surface area contributed by atoms with E-state index in [-0.39, 0.29) is 5.92 Å². The van der Waals surface area contributed by atoms with Crippen molar-refractivity contribution in [1.82, 2.24) is 4.90 Å². The van der Waals surface area contributed by atoms with Crippen LogP contribution in [0.2, 0.25) is 5.02 Å². The Morgan fingerprint density at radius 3 is 2.55 bits per heavy atom. The molecular formula is C18H27ClN2O. The van der Waals surface area contributed by atoms with E-state index in [0.717, 1.165) is 62.6 Å². The van der Waals surface area contributed by atoms with Crippen molar-refractivity contribution in [2.75, 3.05) is 31.1 Å². The summed E-state index contributed by atoms with van der Waals surface area (Å²) < 4.78 is 0. The Morgan fingerprint density at radius 2 is 1.95 bits per heavy atom. The number of anilines is 1. The number of piperazine rings is 1. The summed E-state index contributed by atoms with van der Waals surface area (Å²) >= 11 is 6.06. The summed E-state index contributed by atoms with van der Waals surface area (Å²) in [5.74, 6) is 0.555. The highest BCUT2D eigenvalue weighted by molar-refractivity contribution is 6.30. The molecule has 4 heteroatoms. The Hall–Kier alpha value is -1.22. The van der Waals surface area contributed by atoms with Gasteiger partial charge < -0.3 is 9.80 Å². The fourth-order valence-electron chi connectivity index (χ4n) is 3.07. The van der Waals surface area contributed by atoms with Gasteiger partial charge >= 0.3 is 0 Å². The van der Waals surface area contributed by atoms with Gasteiger partial charge in [0, 0.05) is 42.8 Å². The van der Waals surface area contributed by atoms with E-state index >= 15 is 0 Å². The van der Waals surface area contributed by atoms with E-state index in [1.807, 2.05) is 23.1 Å². The molecular weight excluding hydrogens is 296 g/mol. The first-order chi connectivity index (χ1) is 10.7. The molecule has 1 saturated heterocycles. The SMILES string of the molecule is CCCC[C@H](CC)C(=O)N1CCN(c2cccc(Cl)c2)CC1. The second-order valence-electron chi connectivity index (χ2n) is 6.04. The molecule has 1 atom stereocenters. The quantitative estimate of drug-likeness (QED) is 0.783. The molecule has 0 aliphatic carbocycles. The van der Waals surface area contributed by atoms with Crippen LogP contribution in [0.4, 0.5) is 5.69 Å². The van der Waals surface area contributed by atoms with E-state index < -0.39 is 0 Å². The van der Waals surface area contributed by atoms with Crippen LogP contribution in [-0.2, 0) is 4.79 Å². The lowest BCUT2D eigenvalue weighted by atomic mass is 9.97. The maximum Gasteiger partial charge on any atom is 0.225 e. The zero-order valence-electron chi connectivity index (χ0n) is 13.7. The van der Waals surface area contributed by atoms with Gasteiger partial charge in [0.1, 0.15) is 0 Å². The fraction of sp³-hybridized carbons (Fsp3) is 0.611. The molecule has 1 amide bonds. The van der Waals surface area contributed by atoms with Crippen molar-refractivity contribution in [3.05, 3.63) is 29.3 Å².